The zero-order valence-electron chi connectivity index (χ0n) is 15.7. The van der Waals surface area contributed by atoms with E-state index in [4.69, 9.17) is 9.84 Å². The maximum absolute atomic E-state index is 12.6. The molecule has 0 aliphatic carbocycles. The molecule has 1 heterocycles. The summed E-state index contributed by atoms with van der Waals surface area (Å²) in [6.07, 6.45) is 0.422. The standard InChI is InChI=1S/C19H26N2O5/c1-12-5-6-15(26-4)14(9-12)21-11-13(10-16(21)22)18(25)20-19(2,3)8-7-17(23)24/h5-6,9,13H,7-8,10-11H2,1-4H3,(H,20,25)(H,23,24). The molecule has 26 heavy (non-hydrogen) atoms. The highest BCUT2D eigenvalue weighted by Crippen LogP contribution is 2.34. The van der Waals surface area contributed by atoms with Gasteiger partial charge in [-0.1, -0.05) is 6.07 Å². The summed E-state index contributed by atoms with van der Waals surface area (Å²) in [6, 6.07) is 5.58. The molecule has 0 radical (unpaired) electrons. The molecule has 0 spiro atoms. The fourth-order valence-corrected chi connectivity index (χ4v) is 3.04. The number of carboxylic acid groups (broad SMARTS) is 1. The smallest absolute Gasteiger partial charge is 0.303 e. The van der Waals surface area contributed by atoms with Crippen LogP contribution < -0.4 is 15.0 Å². The van der Waals surface area contributed by atoms with Gasteiger partial charge in [0, 0.05) is 24.9 Å². The molecule has 142 valence electrons. The van der Waals surface area contributed by atoms with E-state index >= 15 is 0 Å². The van der Waals surface area contributed by atoms with Gasteiger partial charge < -0.3 is 20.1 Å². The molecule has 0 aromatic heterocycles. The second-order valence-corrected chi connectivity index (χ2v) is 7.35. The topological polar surface area (TPSA) is 95.9 Å². The maximum atomic E-state index is 12.6. The summed E-state index contributed by atoms with van der Waals surface area (Å²) in [5, 5.41) is 11.7. The average Bonchev–Trinajstić information content (AvgIpc) is 2.94. The van der Waals surface area contributed by atoms with Gasteiger partial charge in [-0.25, -0.2) is 0 Å². The molecular formula is C19H26N2O5. The molecule has 2 amide bonds. The Balaban J connectivity index is 2.08. The van der Waals surface area contributed by atoms with Gasteiger partial charge in [0.1, 0.15) is 5.75 Å². The highest BCUT2D eigenvalue weighted by atomic mass is 16.5. The number of rotatable bonds is 7. The van der Waals surface area contributed by atoms with Crippen molar-refractivity contribution in [2.24, 2.45) is 5.92 Å². The van der Waals surface area contributed by atoms with Gasteiger partial charge in [-0.3, -0.25) is 14.4 Å². The maximum Gasteiger partial charge on any atom is 0.303 e. The predicted octanol–water partition coefficient (Wildman–Crippen LogP) is 2.12. The van der Waals surface area contributed by atoms with Crippen molar-refractivity contribution in [2.75, 3.05) is 18.6 Å². The average molecular weight is 362 g/mol. The van der Waals surface area contributed by atoms with Crippen molar-refractivity contribution < 1.29 is 24.2 Å². The van der Waals surface area contributed by atoms with E-state index in [2.05, 4.69) is 5.32 Å². The largest absolute Gasteiger partial charge is 0.495 e. The molecule has 2 N–H and O–H groups in total. The van der Waals surface area contributed by atoms with Crippen molar-refractivity contribution in [3.8, 4) is 5.75 Å². The number of hydrogen-bond donors (Lipinski definition) is 2. The van der Waals surface area contributed by atoms with Crippen molar-refractivity contribution in [1.29, 1.82) is 0 Å². The molecule has 1 atom stereocenters. The number of carbonyl (C=O) groups excluding carboxylic acids is 2. The molecule has 1 saturated heterocycles. The highest BCUT2D eigenvalue weighted by molar-refractivity contribution is 6.01. The van der Waals surface area contributed by atoms with Crippen LogP contribution in [0, 0.1) is 12.8 Å². The molecule has 1 aliphatic rings. The number of carboxylic acids is 1. The van der Waals surface area contributed by atoms with Gasteiger partial charge in [0.15, 0.2) is 0 Å². The molecule has 0 saturated carbocycles. The Morgan fingerprint density at radius 2 is 2.08 bits per heavy atom. The number of anilines is 1. The lowest BCUT2D eigenvalue weighted by molar-refractivity contribution is -0.138. The Morgan fingerprint density at radius 1 is 1.38 bits per heavy atom. The first-order valence-electron chi connectivity index (χ1n) is 8.62. The Morgan fingerprint density at radius 3 is 2.69 bits per heavy atom. The zero-order chi connectivity index (χ0) is 19.5. The number of amides is 2. The molecule has 1 aliphatic heterocycles. The molecule has 2 rings (SSSR count). The number of benzene rings is 1. The van der Waals surface area contributed by atoms with Crippen molar-refractivity contribution in [1.82, 2.24) is 5.32 Å². The minimum atomic E-state index is -0.902. The van der Waals surface area contributed by atoms with Crippen LogP contribution in [-0.2, 0) is 14.4 Å². The van der Waals surface area contributed by atoms with E-state index in [1.807, 2.05) is 19.1 Å². The van der Waals surface area contributed by atoms with E-state index in [9.17, 15) is 14.4 Å². The number of aliphatic carboxylic acids is 1. The first-order chi connectivity index (χ1) is 12.1. The van der Waals surface area contributed by atoms with Gasteiger partial charge >= 0.3 is 5.97 Å². The van der Waals surface area contributed by atoms with Gasteiger partial charge in [0.05, 0.1) is 18.7 Å². The van der Waals surface area contributed by atoms with Gasteiger partial charge in [0.25, 0.3) is 0 Å². The van der Waals surface area contributed by atoms with Crippen LogP contribution >= 0.6 is 0 Å². The van der Waals surface area contributed by atoms with Crippen LogP contribution in [0.3, 0.4) is 0 Å². The Hall–Kier alpha value is -2.57. The van der Waals surface area contributed by atoms with Gasteiger partial charge in [-0.15, -0.1) is 0 Å². The first kappa shape index (κ1) is 19.8. The Labute approximate surface area is 153 Å². The summed E-state index contributed by atoms with van der Waals surface area (Å²) < 4.78 is 5.34. The quantitative estimate of drug-likeness (QED) is 0.774. The fourth-order valence-electron chi connectivity index (χ4n) is 3.04. The molecular weight excluding hydrogens is 336 g/mol. The van der Waals surface area contributed by atoms with E-state index < -0.39 is 17.4 Å². The van der Waals surface area contributed by atoms with Crippen molar-refractivity contribution >= 4 is 23.5 Å². The predicted molar refractivity (Wildman–Crippen MR) is 97.3 cm³/mol. The minimum Gasteiger partial charge on any atom is -0.495 e. The van der Waals surface area contributed by atoms with Crippen LogP contribution in [0.2, 0.25) is 0 Å². The van der Waals surface area contributed by atoms with Crippen molar-refractivity contribution in [3.63, 3.8) is 0 Å². The normalized spacial score (nSPS) is 17.3. The molecule has 1 aromatic rings. The number of ether oxygens (including phenoxy) is 1. The number of nitrogens with one attached hydrogen (secondary N) is 1. The highest BCUT2D eigenvalue weighted by Gasteiger charge is 2.37. The molecule has 7 heteroatoms. The SMILES string of the molecule is COc1ccc(C)cc1N1CC(C(=O)NC(C)(C)CCC(=O)O)CC1=O. The molecule has 1 fully saturated rings. The Kier molecular flexibility index (Phi) is 5.90. The number of aryl methyl sites for hydroxylation is 1. The van der Waals surface area contributed by atoms with Crippen LogP contribution in [0.1, 0.15) is 38.7 Å². The summed E-state index contributed by atoms with van der Waals surface area (Å²) >= 11 is 0. The van der Waals surface area contributed by atoms with E-state index in [1.165, 1.54) is 0 Å². The second-order valence-electron chi connectivity index (χ2n) is 7.35. The van der Waals surface area contributed by atoms with Crippen LogP contribution in [0.15, 0.2) is 18.2 Å². The van der Waals surface area contributed by atoms with Crippen molar-refractivity contribution in [2.45, 2.75) is 45.6 Å². The van der Waals surface area contributed by atoms with Gasteiger partial charge in [-0.05, 0) is 44.9 Å². The monoisotopic (exact) mass is 362 g/mol. The third kappa shape index (κ3) is 4.74. The van der Waals surface area contributed by atoms with Crippen LogP contribution in [0.5, 0.6) is 5.75 Å². The number of nitrogens with zero attached hydrogens (tertiary/aromatic N) is 1. The lowest BCUT2D eigenvalue weighted by atomic mass is 9.96. The summed E-state index contributed by atoms with van der Waals surface area (Å²) in [5.74, 6) is -1.15. The lowest BCUT2D eigenvalue weighted by Crippen LogP contribution is -2.46. The zero-order valence-corrected chi connectivity index (χ0v) is 15.7. The van der Waals surface area contributed by atoms with E-state index in [0.717, 1.165) is 5.56 Å². The third-order valence-electron chi connectivity index (χ3n) is 4.55. The molecule has 1 aromatic carbocycles. The summed E-state index contributed by atoms with van der Waals surface area (Å²) in [7, 11) is 1.55. The second kappa shape index (κ2) is 7.76. The number of methoxy groups -OCH3 is 1. The molecule has 1 unspecified atom stereocenters. The van der Waals surface area contributed by atoms with Crippen LogP contribution in [-0.4, -0.2) is 42.1 Å². The fraction of sp³-hybridized carbons (Fsp3) is 0.526. The van der Waals surface area contributed by atoms with E-state index in [1.54, 1.807) is 31.9 Å². The molecule has 7 nitrogen and oxygen atoms in total. The van der Waals surface area contributed by atoms with E-state index in [0.29, 0.717) is 17.9 Å². The van der Waals surface area contributed by atoms with Crippen LogP contribution in [0.25, 0.3) is 0 Å². The third-order valence-corrected chi connectivity index (χ3v) is 4.55. The summed E-state index contributed by atoms with van der Waals surface area (Å²) in [5.41, 5.74) is 1.02. The number of hydrogen-bond acceptors (Lipinski definition) is 4. The van der Waals surface area contributed by atoms with Crippen molar-refractivity contribution in [3.05, 3.63) is 23.8 Å². The summed E-state index contributed by atoms with van der Waals surface area (Å²) in [4.78, 5) is 37.4. The number of carbonyl (C=O) groups is 3. The first-order valence-corrected chi connectivity index (χ1v) is 8.62. The van der Waals surface area contributed by atoms with Crippen LogP contribution in [0.4, 0.5) is 5.69 Å². The summed E-state index contributed by atoms with van der Waals surface area (Å²) in [6.45, 7) is 5.77. The lowest BCUT2D eigenvalue weighted by Gasteiger charge is -2.27. The van der Waals surface area contributed by atoms with Gasteiger partial charge in [0.2, 0.25) is 11.8 Å². The Bertz CT molecular complexity index is 714. The minimum absolute atomic E-state index is 0.0243. The van der Waals surface area contributed by atoms with E-state index in [-0.39, 0.29) is 31.2 Å². The molecule has 0 bridgehead atoms. The van der Waals surface area contributed by atoms with Gasteiger partial charge in [-0.2, -0.15) is 0 Å².